The third-order valence-corrected chi connectivity index (χ3v) is 2.37. The van der Waals surface area contributed by atoms with Crippen LogP contribution in [0.2, 0.25) is 0 Å². The third-order valence-electron chi connectivity index (χ3n) is 2.37. The number of carbonyl (C=O) groups is 1. The summed E-state index contributed by atoms with van der Waals surface area (Å²) >= 11 is 0. The van der Waals surface area contributed by atoms with Crippen molar-refractivity contribution >= 4 is 24.4 Å². The maximum atomic E-state index is 10.8. The van der Waals surface area contributed by atoms with Gasteiger partial charge in [-0.05, 0) is 29.6 Å². The van der Waals surface area contributed by atoms with E-state index in [2.05, 4.69) is 0 Å². The maximum absolute atomic E-state index is 10.8. The molecule has 0 atom stereocenters. The van der Waals surface area contributed by atoms with Crippen LogP contribution in [-0.4, -0.2) is 17.9 Å². The predicted octanol–water partition coefficient (Wildman–Crippen LogP) is 0.506. The summed E-state index contributed by atoms with van der Waals surface area (Å²) in [5, 5.41) is 9.59. The van der Waals surface area contributed by atoms with E-state index in [0.29, 0.717) is 6.61 Å². The number of allylic oxidation sites excluding steroid dienone is 1. The van der Waals surface area contributed by atoms with Crippen LogP contribution in [0.3, 0.4) is 0 Å². The van der Waals surface area contributed by atoms with Gasteiger partial charge in [0.2, 0.25) is 0 Å². The van der Waals surface area contributed by atoms with Gasteiger partial charge in [0.25, 0.3) is 0 Å². The molecule has 1 aromatic carbocycles. The summed E-state index contributed by atoms with van der Waals surface area (Å²) in [6.07, 6.45) is 3.19. The minimum atomic E-state index is -0.868. The van der Waals surface area contributed by atoms with Crippen LogP contribution in [0.1, 0.15) is 18.1 Å². The van der Waals surface area contributed by atoms with E-state index < -0.39 is 7.12 Å². The molecule has 2 rings (SSSR count). The lowest BCUT2D eigenvalue weighted by Gasteiger charge is -2.02. The van der Waals surface area contributed by atoms with Gasteiger partial charge >= 0.3 is 7.12 Å². The number of ketones is 1. The SMILES string of the molecule is CC(=O)/C=C/c1cccc2c1B(O)OC2. The van der Waals surface area contributed by atoms with E-state index in [0.717, 1.165) is 16.6 Å². The van der Waals surface area contributed by atoms with Crippen molar-refractivity contribution in [1.82, 2.24) is 0 Å². The predicted molar refractivity (Wildman–Crippen MR) is 58.6 cm³/mol. The number of rotatable bonds is 2. The molecule has 0 aromatic heterocycles. The number of benzene rings is 1. The van der Waals surface area contributed by atoms with Crippen molar-refractivity contribution in [3.05, 3.63) is 35.4 Å². The van der Waals surface area contributed by atoms with Crippen LogP contribution in [0.15, 0.2) is 24.3 Å². The van der Waals surface area contributed by atoms with Crippen LogP contribution in [0.5, 0.6) is 0 Å². The number of carbonyl (C=O) groups excluding carboxylic acids is 1. The molecule has 0 saturated heterocycles. The average Bonchev–Trinajstić information content (AvgIpc) is 2.58. The van der Waals surface area contributed by atoms with Crippen LogP contribution in [0.4, 0.5) is 0 Å². The van der Waals surface area contributed by atoms with Gasteiger partial charge in [0.05, 0.1) is 6.61 Å². The number of hydrogen-bond donors (Lipinski definition) is 1. The van der Waals surface area contributed by atoms with Crippen molar-refractivity contribution < 1.29 is 14.5 Å². The quantitative estimate of drug-likeness (QED) is 0.561. The highest BCUT2D eigenvalue weighted by atomic mass is 16.5. The molecular formula is C11H11BO3. The van der Waals surface area contributed by atoms with Gasteiger partial charge in [-0.25, -0.2) is 0 Å². The molecule has 0 radical (unpaired) electrons. The van der Waals surface area contributed by atoms with Crippen molar-refractivity contribution in [2.24, 2.45) is 0 Å². The van der Waals surface area contributed by atoms with E-state index >= 15 is 0 Å². The molecular weight excluding hydrogens is 191 g/mol. The summed E-state index contributed by atoms with van der Waals surface area (Å²) in [7, 11) is -0.868. The van der Waals surface area contributed by atoms with Crippen LogP contribution < -0.4 is 5.46 Å². The minimum absolute atomic E-state index is 0.0130. The first-order valence-corrected chi connectivity index (χ1v) is 4.78. The molecule has 3 nitrogen and oxygen atoms in total. The number of hydrogen-bond acceptors (Lipinski definition) is 3. The monoisotopic (exact) mass is 202 g/mol. The average molecular weight is 202 g/mol. The van der Waals surface area contributed by atoms with Crippen molar-refractivity contribution in [3.8, 4) is 0 Å². The molecule has 0 unspecified atom stereocenters. The van der Waals surface area contributed by atoms with E-state index in [4.69, 9.17) is 4.65 Å². The first kappa shape index (κ1) is 10.1. The van der Waals surface area contributed by atoms with E-state index in [1.54, 1.807) is 6.08 Å². The van der Waals surface area contributed by atoms with Gasteiger partial charge in [0.15, 0.2) is 5.78 Å². The van der Waals surface area contributed by atoms with Gasteiger partial charge in [-0.3, -0.25) is 4.79 Å². The molecule has 1 aromatic rings. The lowest BCUT2D eigenvalue weighted by atomic mass is 9.76. The lowest BCUT2D eigenvalue weighted by molar-refractivity contribution is -0.112. The second-order valence-corrected chi connectivity index (χ2v) is 3.53. The Morgan fingerprint density at radius 1 is 1.60 bits per heavy atom. The molecule has 15 heavy (non-hydrogen) atoms. The van der Waals surface area contributed by atoms with Crippen LogP contribution in [0.25, 0.3) is 6.08 Å². The molecule has 4 heteroatoms. The molecule has 0 spiro atoms. The fourth-order valence-corrected chi connectivity index (χ4v) is 1.66. The zero-order chi connectivity index (χ0) is 10.8. The molecule has 0 fully saturated rings. The summed E-state index contributed by atoms with van der Waals surface area (Å²) in [5.41, 5.74) is 2.59. The highest BCUT2D eigenvalue weighted by molar-refractivity contribution is 6.62. The van der Waals surface area contributed by atoms with E-state index in [1.807, 2.05) is 18.2 Å². The zero-order valence-electron chi connectivity index (χ0n) is 8.43. The molecule has 0 bridgehead atoms. The fraction of sp³-hybridized carbons (Fsp3) is 0.182. The van der Waals surface area contributed by atoms with Crippen LogP contribution in [-0.2, 0) is 16.1 Å². The molecule has 0 amide bonds. The smallest absolute Gasteiger partial charge is 0.423 e. The normalized spacial score (nSPS) is 14.7. The highest BCUT2D eigenvalue weighted by Gasteiger charge is 2.28. The Labute approximate surface area is 88.5 Å². The van der Waals surface area contributed by atoms with Crippen molar-refractivity contribution in [1.29, 1.82) is 0 Å². The van der Waals surface area contributed by atoms with Crippen LogP contribution in [0, 0.1) is 0 Å². The van der Waals surface area contributed by atoms with Gasteiger partial charge in [-0.15, -0.1) is 0 Å². The molecule has 1 heterocycles. The summed E-state index contributed by atoms with van der Waals surface area (Å²) in [4.78, 5) is 10.8. The van der Waals surface area contributed by atoms with Gasteiger partial charge in [0.1, 0.15) is 0 Å². The topological polar surface area (TPSA) is 46.5 Å². The van der Waals surface area contributed by atoms with E-state index in [-0.39, 0.29) is 5.78 Å². The van der Waals surface area contributed by atoms with Gasteiger partial charge in [-0.1, -0.05) is 24.3 Å². The molecule has 76 valence electrons. The lowest BCUT2D eigenvalue weighted by Crippen LogP contribution is -2.30. The Kier molecular flexibility index (Phi) is 2.71. The zero-order valence-corrected chi connectivity index (χ0v) is 8.43. The first-order valence-electron chi connectivity index (χ1n) is 4.78. The standard InChI is InChI=1S/C11H11BO3/c1-8(13)5-6-9-3-2-4-10-7-15-12(14)11(9)10/h2-6,14H,7H2,1H3/b6-5+. The Morgan fingerprint density at radius 3 is 3.13 bits per heavy atom. The molecule has 1 aliphatic rings. The first-order chi connectivity index (χ1) is 7.18. The Hall–Kier alpha value is -1.39. The Balaban J connectivity index is 2.41. The summed E-state index contributed by atoms with van der Waals surface area (Å²) in [6, 6.07) is 5.66. The number of fused-ring (bicyclic) bond motifs is 1. The molecule has 0 saturated carbocycles. The minimum Gasteiger partial charge on any atom is -0.423 e. The van der Waals surface area contributed by atoms with E-state index in [1.165, 1.54) is 13.0 Å². The second-order valence-electron chi connectivity index (χ2n) is 3.53. The highest BCUT2D eigenvalue weighted by Crippen LogP contribution is 2.13. The second kappa shape index (κ2) is 4.00. The molecule has 1 N–H and O–H groups in total. The van der Waals surface area contributed by atoms with Crippen molar-refractivity contribution in [2.75, 3.05) is 0 Å². The Morgan fingerprint density at radius 2 is 2.40 bits per heavy atom. The largest absolute Gasteiger partial charge is 0.492 e. The van der Waals surface area contributed by atoms with E-state index in [9.17, 15) is 9.82 Å². The molecule has 0 aliphatic carbocycles. The van der Waals surface area contributed by atoms with Crippen LogP contribution >= 0.6 is 0 Å². The summed E-state index contributed by atoms with van der Waals surface area (Å²) in [5.74, 6) is -0.0130. The van der Waals surface area contributed by atoms with Gasteiger partial charge in [0, 0.05) is 0 Å². The summed E-state index contributed by atoms with van der Waals surface area (Å²) < 4.78 is 5.11. The van der Waals surface area contributed by atoms with Gasteiger partial charge in [-0.2, -0.15) is 0 Å². The maximum Gasteiger partial charge on any atom is 0.492 e. The fourth-order valence-electron chi connectivity index (χ4n) is 1.66. The van der Waals surface area contributed by atoms with Crippen molar-refractivity contribution in [3.63, 3.8) is 0 Å². The molecule has 1 aliphatic heterocycles. The Bertz CT molecular complexity index is 426. The summed E-state index contributed by atoms with van der Waals surface area (Å²) in [6.45, 7) is 1.92. The van der Waals surface area contributed by atoms with Gasteiger partial charge < -0.3 is 9.68 Å². The van der Waals surface area contributed by atoms with Crippen molar-refractivity contribution in [2.45, 2.75) is 13.5 Å². The third kappa shape index (κ3) is 2.01.